The molecule has 0 aliphatic rings. The third-order valence-corrected chi connectivity index (χ3v) is 4.26. The van der Waals surface area contributed by atoms with Crippen LogP contribution in [0.5, 0.6) is 17.2 Å². The van der Waals surface area contributed by atoms with Crippen LogP contribution in [0.15, 0.2) is 30.3 Å². The molecule has 0 saturated carbocycles. The van der Waals surface area contributed by atoms with Crippen molar-refractivity contribution in [2.45, 2.75) is 19.8 Å². The summed E-state index contributed by atoms with van der Waals surface area (Å²) in [4.78, 5) is 36.3. The summed E-state index contributed by atoms with van der Waals surface area (Å²) in [5.41, 5.74) is 1.20. The summed E-state index contributed by atoms with van der Waals surface area (Å²) < 4.78 is 15.4. The second-order valence-corrected chi connectivity index (χ2v) is 6.23. The lowest BCUT2D eigenvalue weighted by Crippen LogP contribution is -2.16. The smallest absolute Gasteiger partial charge is 0.337 e. The van der Waals surface area contributed by atoms with Crippen LogP contribution in [0.2, 0.25) is 0 Å². The molecule has 2 aromatic rings. The number of rotatable bonds is 9. The number of anilines is 1. The van der Waals surface area contributed by atoms with E-state index in [1.165, 1.54) is 33.5 Å². The lowest BCUT2D eigenvalue weighted by Gasteiger charge is -2.14. The van der Waals surface area contributed by atoms with Crippen molar-refractivity contribution in [1.29, 1.82) is 0 Å². The summed E-state index contributed by atoms with van der Waals surface area (Å²) in [5, 5.41) is 11.9. The second-order valence-electron chi connectivity index (χ2n) is 6.23. The molecule has 1 amide bonds. The molecule has 8 nitrogen and oxygen atoms in total. The Morgan fingerprint density at radius 3 is 2.07 bits per heavy atom. The van der Waals surface area contributed by atoms with Gasteiger partial charge in [0.1, 0.15) is 5.75 Å². The van der Waals surface area contributed by atoms with E-state index in [0.29, 0.717) is 11.3 Å². The van der Waals surface area contributed by atoms with Gasteiger partial charge in [0, 0.05) is 25.0 Å². The number of methoxy groups -OCH3 is 3. The fourth-order valence-electron chi connectivity index (χ4n) is 2.77. The third kappa shape index (κ3) is 5.25. The molecule has 0 aliphatic carbocycles. The molecule has 0 aromatic heterocycles. The minimum absolute atomic E-state index is 0.0542. The molecule has 0 atom stereocenters. The van der Waals surface area contributed by atoms with Gasteiger partial charge in [0.2, 0.25) is 5.91 Å². The van der Waals surface area contributed by atoms with Crippen molar-refractivity contribution in [3.8, 4) is 17.2 Å². The van der Waals surface area contributed by atoms with Gasteiger partial charge < -0.3 is 24.6 Å². The average molecular weight is 401 g/mol. The lowest BCUT2D eigenvalue weighted by atomic mass is 10.0. The van der Waals surface area contributed by atoms with Crippen LogP contribution in [0.4, 0.5) is 5.69 Å². The predicted octanol–water partition coefficient (Wildman–Crippen LogP) is 3.32. The number of Topliss-reactive ketones (excluding diaryl/α,β-unsaturated/α-hetero) is 1. The zero-order chi connectivity index (χ0) is 21.6. The van der Waals surface area contributed by atoms with Crippen LogP contribution < -0.4 is 19.5 Å². The van der Waals surface area contributed by atoms with Crippen molar-refractivity contribution >= 4 is 23.3 Å². The number of benzene rings is 2. The van der Waals surface area contributed by atoms with Crippen LogP contribution in [0, 0.1) is 6.92 Å². The predicted molar refractivity (Wildman–Crippen MR) is 106 cm³/mol. The number of nitrogens with one attached hydrogen (secondary N) is 1. The van der Waals surface area contributed by atoms with Crippen molar-refractivity contribution in [2.75, 3.05) is 26.6 Å². The highest BCUT2D eigenvalue weighted by Gasteiger charge is 2.19. The maximum Gasteiger partial charge on any atom is 0.337 e. The van der Waals surface area contributed by atoms with Gasteiger partial charge in [-0.25, -0.2) is 4.79 Å². The van der Waals surface area contributed by atoms with Gasteiger partial charge in [-0.15, -0.1) is 0 Å². The van der Waals surface area contributed by atoms with E-state index in [1.54, 1.807) is 12.1 Å². The highest BCUT2D eigenvalue weighted by atomic mass is 16.5. The van der Waals surface area contributed by atoms with Crippen LogP contribution >= 0.6 is 0 Å². The van der Waals surface area contributed by atoms with Gasteiger partial charge in [0.15, 0.2) is 17.3 Å². The number of hydrogen-bond donors (Lipinski definition) is 2. The molecule has 0 radical (unpaired) electrons. The van der Waals surface area contributed by atoms with E-state index in [-0.39, 0.29) is 41.4 Å². The zero-order valence-corrected chi connectivity index (χ0v) is 16.7. The lowest BCUT2D eigenvalue weighted by molar-refractivity contribution is -0.116. The Balaban J connectivity index is 2.14. The van der Waals surface area contributed by atoms with Gasteiger partial charge >= 0.3 is 5.97 Å². The molecule has 0 spiro atoms. The summed E-state index contributed by atoms with van der Waals surface area (Å²) >= 11 is 0. The molecule has 2 rings (SSSR count). The number of carboxylic acid groups (broad SMARTS) is 1. The fourth-order valence-corrected chi connectivity index (χ4v) is 2.77. The number of carbonyl (C=O) groups is 3. The molecule has 0 unspecified atom stereocenters. The molecule has 2 N–H and O–H groups in total. The summed E-state index contributed by atoms with van der Waals surface area (Å²) in [5.74, 6) is -1.04. The van der Waals surface area contributed by atoms with Crippen molar-refractivity contribution in [1.82, 2.24) is 0 Å². The number of ketones is 1. The minimum Gasteiger partial charge on any atom is -0.496 e. The fraction of sp³-hybridized carbons (Fsp3) is 0.286. The number of aryl methyl sites for hydroxylation is 1. The molecule has 0 heterocycles. The van der Waals surface area contributed by atoms with Gasteiger partial charge in [0.25, 0.3) is 0 Å². The van der Waals surface area contributed by atoms with Gasteiger partial charge in [-0.3, -0.25) is 9.59 Å². The van der Waals surface area contributed by atoms with Crippen LogP contribution in [0.25, 0.3) is 0 Å². The second kappa shape index (κ2) is 9.59. The molecule has 0 aliphatic heterocycles. The van der Waals surface area contributed by atoms with E-state index < -0.39 is 11.9 Å². The van der Waals surface area contributed by atoms with Crippen LogP contribution in [-0.4, -0.2) is 44.1 Å². The molecule has 154 valence electrons. The van der Waals surface area contributed by atoms with E-state index in [1.807, 2.05) is 13.0 Å². The summed E-state index contributed by atoms with van der Waals surface area (Å²) in [6.45, 7) is 1.85. The van der Waals surface area contributed by atoms with Crippen LogP contribution in [0.3, 0.4) is 0 Å². The van der Waals surface area contributed by atoms with Crippen molar-refractivity contribution in [3.05, 3.63) is 47.0 Å². The average Bonchev–Trinajstić information content (AvgIpc) is 2.71. The summed E-state index contributed by atoms with van der Waals surface area (Å²) in [7, 11) is 4.25. The molecular formula is C21H23NO7. The first-order valence-electron chi connectivity index (χ1n) is 8.77. The van der Waals surface area contributed by atoms with E-state index in [4.69, 9.17) is 14.2 Å². The normalized spacial score (nSPS) is 10.2. The molecule has 29 heavy (non-hydrogen) atoms. The number of ether oxygens (including phenoxy) is 3. The molecule has 8 heteroatoms. The van der Waals surface area contributed by atoms with E-state index in [2.05, 4.69) is 5.32 Å². The Morgan fingerprint density at radius 1 is 0.862 bits per heavy atom. The maximum absolute atomic E-state index is 12.5. The molecule has 0 bridgehead atoms. The first-order chi connectivity index (χ1) is 13.8. The largest absolute Gasteiger partial charge is 0.496 e. The third-order valence-electron chi connectivity index (χ3n) is 4.26. The topological polar surface area (TPSA) is 111 Å². The van der Waals surface area contributed by atoms with Crippen molar-refractivity contribution in [3.63, 3.8) is 0 Å². The standard InChI is InChI=1S/C21H23NO7/c1-12-5-7-17(27-2)14(9-12)16(23)6-8-20(24)22-15-11-19(29-4)18(28-3)10-13(15)21(25)26/h5,7,9-11H,6,8H2,1-4H3,(H,22,24)(H,25,26). The number of carboxylic acids is 1. The van der Waals surface area contributed by atoms with Gasteiger partial charge in [-0.2, -0.15) is 0 Å². The SMILES string of the molecule is COc1cc(NC(=O)CCC(=O)c2cc(C)ccc2OC)c(C(=O)O)cc1OC. The Bertz CT molecular complexity index is 937. The van der Waals surface area contributed by atoms with Gasteiger partial charge in [0.05, 0.1) is 38.1 Å². The number of aromatic carboxylic acids is 1. The summed E-state index contributed by atoms with van der Waals surface area (Å²) in [6, 6.07) is 7.86. The molecule has 0 fully saturated rings. The number of carbonyl (C=O) groups excluding carboxylic acids is 2. The first-order valence-corrected chi connectivity index (χ1v) is 8.77. The van der Waals surface area contributed by atoms with Gasteiger partial charge in [-0.1, -0.05) is 11.6 Å². The van der Waals surface area contributed by atoms with E-state index in [9.17, 15) is 19.5 Å². The van der Waals surface area contributed by atoms with Crippen LogP contribution in [0.1, 0.15) is 39.1 Å². The Hall–Kier alpha value is -3.55. The van der Waals surface area contributed by atoms with Crippen molar-refractivity contribution in [2.24, 2.45) is 0 Å². The minimum atomic E-state index is -1.23. The molecule has 2 aromatic carbocycles. The van der Waals surface area contributed by atoms with E-state index >= 15 is 0 Å². The monoisotopic (exact) mass is 401 g/mol. The maximum atomic E-state index is 12.5. The number of amides is 1. The highest BCUT2D eigenvalue weighted by Crippen LogP contribution is 2.33. The first kappa shape index (κ1) is 21.7. The number of hydrogen-bond acceptors (Lipinski definition) is 6. The van der Waals surface area contributed by atoms with Gasteiger partial charge in [-0.05, 0) is 19.1 Å². The Kier molecular flexibility index (Phi) is 7.19. The quantitative estimate of drug-likeness (QED) is 0.620. The molecular weight excluding hydrogens is 378 g/mol. The zero-order valence-electron chi connectivity index (χ0n) is 16.7. The Morgan fingerprint density at radius 2 is 1.48 bits per heavy atom. The van der Waals surface area contributed by atoms with E-state index in [0.717, 1.165) is 5.56 Å². The summed E-state index contributed by atoms with van der Waals surface area (Å²) in [6.07, 6.45) is -0.176. The van der Waals surface area contributed by atoms with Crippen molar-refractivity contribution < 1.29 is 33.7 Å². The van der Waals surface area contributed by atoms with Crippen LogP contribution in [-0.2, 0) is 4.79 Å². The highest BCUT2D eigenvalue weighted by molar-refractivity contribution is 6.04. The Labute approximate surface area is 168 Å². The molecule has 0 saturated heterocycles.